The zero-order valence-corrected chi connectivity index (χ0v) is 23.3. The summed E-state index contributed by atoms with van der Waals surface area (Å²) in [5, 5.41) is 16.2. The Morgan fingerprint density at radius 1 is 1.22 bits per heavy atom. The Morgan fingerprint density at radius 2 is 1.89 bits per heavy atom. The van der Waals surface area contributed by atoms with Crippen molar-refractivity contribution in [3.63, 3.8) is 0 Å². The van der Waals surface area contributed by atoms with Crippen molar-refractivity contribution in [2.75, 3.05) is 18.6 Å². The quantitative estimate of drug-likeness (QED) is 0.482. The van der Waals surface area contributed by atoms with Crippen LogP contribution in [0.15, 0.2) is 29.8 Å². The molecule has 3 amide bonds. The number of likely N-dealkylation sites (tertiary alicyclic amines) is 1. The van der Waals surface area contributed by atoms with Gasteiger partial charge in [0.15, 0.2) is 0 Å². The van der Waals surface area contributed by atoms with Crippen molar-refractivity contribution >= 4 is 40.8 Å². The molecule has 3 N–H and O–H groups in total. The lowest BCUT2D eigenvalue weighted by atomic mass is 9.85. The molecule has 0 unspecified atom stereocenters. The average molecular weight is 533 g/mol. The molecule has 10 heteroatoms. The number of thioether (sulfide) groups is 1. The molecule has 1 aromatic heterocycles. The lowest BCUT2D eigenvalue weighted by molar-refractivity contribution is -0.143. The van der Waals surface area contributed by atoms with E-state index in [1.165, 1.54) is 16.7 Å². The van der Waals surface area contributed by atoms with Crippen molar-refractivity contribution in [2.45, 2.75) is 65.3 Å². The number of thiazole rings is 1. The Morgan fingerprint density at radius 3 is 2.44 bits per heavy atom. The van der Waals surface area contributed by atoms with E-state index in [-0.39, 0.29) is 42.5 Å². The number of rotatable bonds is 8. The molecule has 2 aromatic rings. The molecule has 196 valence electrons. The van der Waals surface area contributed by atoms with Gasteiger partial charge in [-0.3, -0.25) is 14.4 Å². The summed E-state index contributed by atoms with van der Waals surface area (Å²) in [4.78, 5) is 45.9. The number of β-amino-alcohol motifs (C(OH)–C–C–N with tert-alkyl or cyclic N) is 1. The van der Waals surface area contributed by atoms with Crippen LogP contribution in [0.4, 0.5) is 0 Å². The van der Waals surface area contributed by atoms with Gasteiger partial charge in [-0.2, -0.15) is 11.8 Å². The van der Waals surface area contributed by atoms with Gasteiger partial charge in [-0.15, -0.1) is 11.3 Å². The molecule has 36 heavy (non-hydrogen) atoms. The second-order valence-corrected chi connectivity index (χ2v) is 12.0. The monoisotopic (exact) mass is 532 g/mol. The Kier molecular flexibility index (Phi) is 9.18. The Bertz CT molecular complexity index is 1080. The van der Waals surface area contributed by atoms with E-state index in [2.05, 4.69) is 15.6 Å². The van der Waals surface area contributed by atoms with Crippen LogP contribution in [0.25, 0.3) is 10.4 Å². The van der Waals surface area contributed by atoms with E-state index in [0.29, 0.717) is 0 Å². The second kappa shape index (κ2) is 11.7. The van der Waals surface area contributed by atoms with Gasteiger partial charge >= 0.3 is 0 Å². The summed E-state index contributed by atoms with van der Waals surface area (Å²) >= 11 is 2.96. The van der Waals surface area contributed by atoms with Gasteiger partial charge in [0.25, 0.3) is 0 Å². The van der Waals surface area contributed by atoms with Gasteiger partial charge < -0.3 is 20.6 Å². The third-order valence-corrected chi connectivity index (χ3v) is 7.86. The fraction of sp³-hybridized carbons (Fsp3) is 0.538. The molecule has 2 heterocycles. The first-order valence-corrected chi connectivity index (χ1v) is 14.3. The zero-order chi connectivity index (χ0) is 26.6. The zero-order valence-electron chi connectivity index (χ0n) is 21.7. The predicted octanol–water partition coefficient (Wildman–Crippen LogP) is 3.15. The lowest BCUT2D eigenvalue weighted by Gasteiger charge is -2.35. The summed E-state index contributed by atoms with van der Waals surface area (Å²) in [5.74, 6) is -0.670. The number of hydrogen-bond acceptors (Lipinski definition) is 7. The number of benzene rings is 1. The van der Waals surface area contributed by atoms with Crippen LogP contribution in [0, 0.1) is 12.3 Å². The largest absolute Gasteiger partial charge is 0.391 e. The number of amides is 3. The van der Waals surface area contributed by atoms with Gasteiger partial charge in [0.2, 0.25) is 17.7 Å². The summed E-state index contributed by atoms with van der Waals surface area (Å²) < 4.78 is 0. The molecular weight excluding hydrogens is 496 g/mol. The maximum absolute atomic E-state index is 13.5. The van der Waals surface area contributed by atoms with Crippen molar-refractivity contribution in [2.24, 2.45) is 5.41 Å². The Labute approximate surface area is 221 Å². The smallest absolute Gasteiger partial charge is 0.246 e. The minimum Gasteiger partial charge on any atom is -0.391 e. The summed E-state index contributed by atoms with van der Waals surface area (Å²) in [6, 6.07) is 6.07. The molecule has 1 aliphatic heterocycles. The van der Waals surface area contributed by atoms with E-state index in [0.717, 1.165) is 21.7 Å². The predicted molar refractivity (Wildman–Crippen MR) is 145 cm³/mol. The first-order chi connectivity index (χ1) is 16.9. The van der Waals surface area contributed by atoms with Crippen LogP contribution in [0.2, 0.25) is 0 Å². The van der Waals surface area contributed by atoms with Crippen molar-refractivity contribution in [1.82, 2.24) is 20.5 Å². The van der Waals surface area contributed by atoms with Crippen LogP contribution >= 0.6 is 23.1 Å². The fourth-order valence-electron chi connectivity index (χ4n) is 4.35. The molecular formula is C26H36N4O4S2. The number of carbonyl (C=O) groups excluding carboxylic acids is 3. The Balaban J connectivity index is 1.72. The van der Waals surface area contributed by atoms with Gasteiger partial charge in [-0.05, 0) is 36.6 Å². The number of aliphatic hydroxyl groups excluding tert-OH is 1. The standard InChI is InChI=1S/C26H36N4O4S2/c1-15(17-7-9-18(10-8-17)22-16(2)27-14-36-22)28-24(33)20-11-19(31)12-30(20)25(34)23(26(3,4)5)29-21(32)13-35-6/h7-10,14-15,19-20,23,31H,11-13H2,1-6H3,(H,28,33)(H,29,32)/t15-,19+,20-,23+/m0/s1. The molecule has 3 rings (SSSR count). The maximum Gasteiger partial charge on any atom is 0.246 e. The number of nitrogens with one attached hydrogen (secondary N) is 2. The van der Waals surface area contributed by atoms with Gasteiger partial charge in [-0.1, -0.05) is 45.0 Å². The van der Waals surface area contributed by atoms with Crippen molar-refractivity contribution < 1.29 is 19.5 Å². The Hall–Kier alpha value is -2.43. The SMILES string of the molecule is CSCC(=O)N[C@H](C(=O)N1C[C@H](O)C[C@H]1C(=O)N[C@@H](C)c1ccc(-c2scnc2C)cc1)C(C)(C)C. The van der Waals surface area contributed by atoms with Crippen LogP contribution in [0.1, 0.15) is 51.4 Å². The molecule has 1 fully saturated rings. The molecule has 0 spiro atoms. The number of carbonyl (C=O) groups is 3. The van der Waals surface area contributed by atoms with E-state index in [4.69, 9.17) is 0 Å². The summed E-state index contributed by atoms with van der Waals surface area (Å²) in [7, 11) is 0. The molecule has 1 saturated heterocycles. The van der Waals surface area contributed by atoms with Crippen LogP contribution in [0.3, 0.4) is 0 Å². The average Bonchev–Trinajstić information content (AvgIpc) is 3.42. The molecule has 8 nitrogen and oxygen atoms in total. The molecule has 0 saturated carbocycles. The van der Waals surface area contributed by atoms with Crippen molar-refractivity contribution in [3.05, 3.63) is 41.0 Å². The molecule has 0 aliphatic carbocycles. The number of aryl methyl sites for hydroxylation is 1. The van der Waals surface area contributed by atoms with Crippen molar-refractivity contribution in [1.29, 1.82) is 0 Å². The highest BCUT2D eigenvalue weighted by molar-refractivity contribution is 7.99. The molecule has 0 radical (unpaired) electrons. The van der Waals surface area contributed by atoms with Gasteiger partial charge in [0.05, 0.1) is 34.0 Å². The minimum absolute atomic E-state index is 0.0547. The van der Waals surface area contributed by atoms with Gasteiger partial charge in [-0.25, -0.2) is 4.98 Å². The molecule has 1 aromatic carbocycles. The van der Waals surface area contributed by atoms with Crippen LogP contribution in [-0.4, -0.2) is 69.5 Å². The van der Waals surface area contributed by atoms with E-state index in [1.54, 1.807) is 11.3 Å². The van der Waals surface area contributed by atoms with E-state index in [9.17, 15) is 19.5 Å². The van der Waals surface area contributed by atoms with E-state index >= 15 is 0 Å². The first-order valence-electron chi connectivity index (χ1n) is 12.0. The first kappa shape index (κ1) is 28.1. The highest BCUT2D eigenvalue weighted by atomic mass is 32.2. The highest BCUT2D eigenvalue weighted by Crippen LogP contribution is 2.29. The van der Waals surface area contributed by atoms with E-state index < -0.39 is 23.6 Å². The summed E-state index contributed by atoms with van der Waals surface area (Å²) in [5.41, 5.74) is 4.25. The number of hydrogen-bond donors (Lipinski definition) is 3. The third-order valence-electron chi connectivity index (χ3n) is 6.34. The summed E-state index contributed by atoms with van der Waals surface area (Å²) in [6.45, 7) is 9.54. The fourth-order valence-corrected chi connectivity index (χ4v) is 5.51. The van der Waals surface area contributed by atoms with E-state index in [1.807, 2.05) is 70.7 Å². The second-order valence-electron chi connectivity index (χ2n) is 10.3. The van der Waals surface area contributed by atoms with Crippen LogP contribution in [-0.2, 0) is 14.4 Å². The van der Waals surface area contributed by atoms with Crippen LogP contribution in [0.5, 0.6) is 0 Å². The van der Waals surface area contributed by atoms with Gasteiger partial charge in [0, 0.05) is 13.0 Å². The normalized spacial score (nSPS) is 19.6. The number of aliphatic hydroxyl groups is 1. The minimum atomic E-state index is -0.809. The van der Waals surface area contributed by atoms with Crippen LogP contribution < -0.4 is 10.6 Å². The highest BCUT2D eigenvalue weighted by Gasteiger charge is 2.44. The molecule has 1 aliphatic rings. The number of aromatic nitrogens is 1. The van der Waals surface area contributed by atoms with Gasteiger partial charge in [0.1, 0.15) is 12.1 Å². The summed E-state index contributed by atoms with van der Waals surface area (Å²) in [6.07, 6.45) is 1.17. The number of nitrogens with zero attached hydrogens (tertiary/aromatic N) is 2. The lowest BCUT2D eigenvalue weighted by Crippen LogP contribution is -2.58. The molecule has 0 bridgehead atoms. The van der Waals surface area contributed by atoms with Crippen molar-refractivity contribution in [3.8, 4) is 10.4 Å². The topological polar surface area (TPSA) is 112 Å². The molecule has 4 atom stereocenters. The maximum atomic E-state index is 13.5. The third kappa shape index (κ3) is 6.66.